The minimum absolute atomic E-state index is 0.319. The van der Waals surface area contributed by atoms with E-state index in [2.05, 4.69) is 10.2 Å². The summed E-state index contributed by atoms with van der Waals surface area (Å²) < 4.78 is 0. The molecule has 0 saturated carbocycles. The van der Waals surface area contributed by atoms with Crippen LogP contribution < -0.4 is 0 Å². The highest BCUT2D eigenvalue weighted by Crippen LogP contribution is 2.39. The highest BCUT2D eigenvalue weighted by molar-refractivity contribution is 8.04. The van der Waals surface area contributed by atoms with Crippen molar-refractivity contribution in [2.24, 2.45) is 0 Å². The first-order valence-electron chi connectivity index (χ1n) is 4.35. The maximum absolute atomic E-state index is 10.9. The predicted octanol–water partition coefficient (Wildman–Crippen LogP) is 2.09. The van der Waals surface area contributed by atoms with Gasteiger partial charge in [-0.2, -0.15) is 5.10 Å². The van der Waals surface area contributed by atoms with E-state index in [0.29, 0.717) is 4.91 Å². The van der Waals surface area contributed by atoms with Gasteiger partial charge in [0.25, 0.3) is 0 Å². The lowest BCUT2D eigenvalue weighted by Gasteiger charge is -2.09. The SMILES string of the molecule is O=C(O)C1=Cc2[nH]nc3cccc(c23)S1. The molecule has 5 heteroatoms. The summed E-state index contributed by atoms with van der Waals surface area (Å²) in [5.74, 6) is -0.905. The maximum atomic E-state index is 10.9. The Morgan fingerprint density at radius 1 is 1.47 bits per heavy atom. The van der Waals surface area contributed by atoms with Crippen molar-refractivity contribution in [3.8, 4) is 0 Å². The molecule has 2 N–H and O–H groups in total. The summed E-state index contributed by atoms with van der Waals surface area (Å²) in [5, 5.41) is 16.9. The lowest BCUT2D eigenvalue weighted by Crippen LogP contribution is -1.99. The van der Waals surface area contributed by atoms with Crippen LogP contribution in [-0.2, 0) is 4.79 Å². The van der Waals surface area contributed by atoms with Gasteiger partial charge in [-0.25, -0.2) is 4.79 Å². The third kappa shape index (κ3) is 1.16. The molecule has 0 fully saturated rings. The Hall–Kier alpha value is -1.75. The number of carboxylic acid groups (broad SMARTS) is 1. The fraction of sp³-hybridized carbons (Fsp3) is 0. The van der Waals surface area contributed by atoms with Crippen LogP contribution in [0.2, 0.25) is 0 Å². The van der Waals surface area contributed by atoms with Crippen LogP contribution >= 0.6 is 11.8 Å². The maximum Gasteiger partial charge on any atom is 0.342 e. The highest BCUT2D eigenvalue weighted by Gasteiger charge is 2.20. The Morgan fingerprint density at radius 3 is 3.13 bits per heavy atom. The number of carboxylic acids is 1. The Kier molecular flexibility index (Phi) is 1.63. The number of aromatic amines is 1. The summed E-state index contributed by atoms with van der Waals surface area (Å²) in [6.45, 7) is 0. The number of aliphatic carboxylic acids is 1. The molecule has 0 saturated heterocycles. The number of carbonyl (C=O) groups is 1. The van der Waals surface area contributed by atoms with Crippen molar-refractivity contribution in [2.45, 2.75) is 4.90 Å². The van der Waals surface area contributed by atoms with E-state index < -0.39 is 5.97 Å². The van der Waals surface area contributed by atoms with Crippen molar-refractivity contribution in [2.75, 3.05) is 0 Å². The van der Waals surface area contributed by atoms with Gasteiger partial charge in [0.15, 0.2) is 0 Å². The Bertz CT molecular complexity index is 600. The number of nitrogens with zero attached hydrogens (tertiary/aromatic N) is 1. The Balaban J connectivity index is 2.33. The van der Waals surface area contributed by atoms with Crippen molar-refractivity contribution in [1.29, 1.82) is 0 Å². The van der Waals surface area contributed by atoms with Crippen LogP contribution in [0, 0.1) is 0 Å². The summed E-state index contributed by atoms with van der Waals surface area (Å²) in [5.41, 5.74) is 1.65. The molecule has 0 atom stereocenters. The topological polar surface area (TPSA) is 66.0 Å². The lowest BCUT2D eigenvalue weighted by molar-refractivity contribution is -0.131. The third-order valence-electron chi connectivity index (χ3n) is 2.28. The number of rotatable bonds is 1. The van der Waals surface area contributed by atoms with E-state index in [1.165, 1.54) is 11.8 Å². The number of thioether (sulfide) groups is 1. The van der Waals surface area contributed by atoms with Crippen LogP contribution in [0.1, 0.15) is 5.69 Å². The average molecular weight is 218 g/mol. The van der Waals surface area contributed by atoms with Gasteiger partial charge in [-0.15, -0.1) is 0 Å². The molecular formula is C10H6N2O2S. The minimum Gasteiger partial charge on any atom is -0.477 e. The van der Waals surface area contributed by atoms with Gasteiger partial charge in [0.05, 0.1) is 16.1 Å². The summed E-state index contributed by atoms with van der Waals surface area (Å²) in [6, 6.07) is 5.68. The van der Waals surface area contributed by atoms with Crippen LogP contribution in [0.25, 0.3) is 17.0 Å². The van der Waals surface area contributed by atoms with Crippen molar-refractivity contribution in [1.82, 2.24) is 10.2 Å². The molecule has 1 aliphatic heterocycles. The minimum atomic E-state index is -0.905. The fourth-order valence-electron chi connectivity index (χ4n) is 1.63. The van der Waals surface area contributed by atoms with Crippen LogP contribution in [0.5, 0.6) is 0 Å². The molecule has 3 rings (SSSR count). The number of hydrogen-bond donors (Lipinski definition) is 2. The van der Waals surface area contributed by atoms with E-state index in [1.54, 1.807) is 6.08 Å². The van der Waals surface area contributed by atoms with E-state index in [9.17, 15) is 4.79 Å². The number of H-pyrrole nitrogens is 1. The van der Waals surface area contributed by atoms with Gasteiger partial charge in [-0.3, -0.25) is 5.10 Å². The summed E-state index contributed by atoms with van der Waals surface area (Å²) in [7, 11) is 0. The first-order valence-corrected chi connectivity index (χ1v) is 5.17. The number of aromatic nitrogens is 2. The van der Waals surface area contributed by atoms with Gasteiger partial charge in [0.2, 0.25) is 0 Å². The highest BCUT2D eigenvalue weighted by atomic mass is 32.2. The molecule has 2 aromatic rings. The molecule has 2 heterocycles. The van der Waals surface area contributed by atoms with Crippen LogP contribution in [-0.4, -0.2) is 21.3 Å². The van der Waals surface area contributed by atoms with Gasteiger partial charge < -0.3 is 5.11 Å². The van der Waals surface area contributed by atoms with E-state index >= 15 is 0 Å². The fourth-order valence-corrected chi connectivity index (χ4v) is 2.60. The van der Waals surface area contributed by atoms with Gasteiger partial charge in [-0.1, -0.05) is 17.8 Å². The Morgan fingerprint density at radius 2 is 2.33 bits per heavy atom. The average Bonchev–Trinajstić information content (AvgIpc) is 2.64. The molecule has 1 aromatic carbocycles. The Labute approximate surface area is 89.0 Å². The molecule has 1 aliphatic rings. The molecule has 74 valence electrons. The normalized spacial score (nSPS) is 14.0. The first-order chi connectivity index (χ1) is 7.25. The summed E-state index contributed by atoms with van der Waals surface area (Å²) in [4.78, 5) is 12.1. The quantitative estimate of drug-likeness (QED) is 0.769. The van der Waals surface area contributed by atoms with E-state index in [-0.39, 0.29) is 0 Å². The van der Waals surface area contributed by atoms with E-state index in [4.69, 9.17) is 5.11 Å². The first kappa shape index (κ1) is 8.55. The zero-order chi connectivity index (χ0) is 10.4. The third-order valence-corrected chi connectivity index (χ3v) is 3.35. The second kappa shape index (κ2) is 2.87. The molecule has 1 aromatic heterocycles. The molecule has 15 heavy (non-hydrogen) atoms. The number of hydrogen-bond acceptors (Lipinski definition) is 3. The summed E-state index contributed by atoms with van der Waals surface area (Å²) in [6.07, 6.45) is 1.62. The molecule has 0 aliphatic carbocycles. The smallest absolute Gasteiger partial charge is 0.342 e. The molecule has 0 spiro atoms. The largest absolute Gasteiger partial charge is 0.477 e. The molecule has 0 amide bonds. The molecule has 4 nitrogen and oxygen atoms in total. The van der Waals surface area contributed by atoms with E-state index in [0.717, 1.165) is 21.5 Å². The van der Waals surface area contributed by atoms with Crippen molar-refractivity contribution in [3.63, 3.8) is 0 Å². The van der Waals surface area contributed by atoms with Crippen molar-refractivity contribution < 1.29 is 9.90 Å². The lowest BCUT2D eigenvalue weighted by atomic mass is 10.2. The van der Waals surface area contributed by atoms with Gasteiger partial charge in [-0.05, 0) is 18.2 Å². The molecule has 0 radical (unpaired) electrons. The predicted molar refractivity (Wildman–Crippen MR) is 57.6 cm³/mol. The van der Waals surface area contributed by atoms with Gasteiger partial charge in [0, 0.05) is 10.3 Å². The van der Waals surface area contributed by atoms with Crippen LogP contribution in [0.3, 0.4) is 0 Å². The monoisotopic (exact) mass is 218 g/mol. The zero-order valence-electron chi connectivity index (χ0n) is 7.52. The van der Waals surface area contributed by atoms with Crippen molar-refractivity contribution in [3.05, 3.63) is 28.8 Å². The zero-order valence-corrected chi connectivity index (χ0v) is 8.34. The van der Waals surface area contributed by atoms with Crippen molar-refractivity contribution >= 4 is 34.7 Å². The van der Waals surface area contributed by atoms with E-state index in [1.807, 2.05) is 18.2 Å². The second-order valence-corrected chi connectivity index (χ2v) is 4.29. The molecule has 0 bridgehead atoms. The number of nitrogens with one attached hydrogen (secondary N) is 1. The van der Waals surface area contributed by atoms with Crippen LogP contribution in [0.15, 0.2) is 28.0 Å². The van der Waals surface area contributed by atoms with Gasteiger partial charge >= 0.3 is 5.97 Å². The molecular weight excluding hydrogens is 212 g/mol. The molecule has 0 unspecified atom stereocenters. The van der Waals surface area contributed by atoms with Gasteiger partial charge in [0.1, 0.15) is 0 Å². The summed E-state index contributed by atoms with van der Waals surface area (Å²) >= 11 is 1.26. The van der Waals surface area contributed by atoms with Crippen LogP contribution in [0.4, 0.5) is 0 Å². The standard InChI is InChI=1S/C10H6N2O2S/c13-10(14)8-4-6-9-5(11-12-6)2-1-3-7(9)15-8/h1-4H,(H,11,12)(H,13,14). The number of benzene rings is 1. The second-order valence-electron chi connectivity index (χ2n) is 3.20.